The monoisotopic (exact) mass is 205 g/mol. The Balaban J connectivity index is 2.35. The second kappa shape index (κ2) is 2.64. The summed E-state index contributed by atoms with van der Waals surface area (Å²) in [5.74, 6) is 0. The lowest BCUT2D eigenvalue weighted by molar-refractivity contribution is 1.29. The standard InChI is InChI=1S/C13H7N3/c1-2-4-11-9(3-1)10-6-5-8-7-14-16-12(8)13(10)15-11/h1-7H. The number of para-hydroxylation sites is 1. The van der Waals surface area contributed by atoms with Gasteiger partial charge in [0.1, 0.15) is 5.69 Å². The highest BCUT2D eigenvalue weighted by Crippen LogP contribution is 2.29. The van der Waals surface area contributed by atoms with Crippen molar-refractivity contribution in [2.45, 2.75) is 0 Å². The fraction of sp³-hybridized carbons (Fsp3) is 0. The third kappa shape index (κ3) is 0.852. The van der Waals surface area contributed by atoms with Crippen LogP contribution in [0.4, 0.5) is 11.4 Å². The normalized spacial score (nSPS) is 13.8. The van der Waals surface area contributed by atoms with Gasteiger partial charge in [-0.05, 0) is 6.07 Å². The van der Waals surface area contributed by atoms with Crippen LogP contribution in [0.15, 0.2) is 51.6 Å². The van der Waals surface area contributed by atoms with Crippen molar-refractivity contribution in [2.75, 3.05) is 0 Å². The molecule has 16 heavy (non-hydrogen) atoms. The van der Waals surface area contributed by atoms with Gasteiger partial charge >= 0.3 is 0 Å². The third-order valence-electron chi connectivity index (χ3n) is 2.96. The molecule has 74 valence electrons. The van der Waals surface area contributed by atoms with E-state index in [0.717, 1.165) is 27.2 Å². The van der Waals surface area contributed by atoms with Gasteiger partial charge in [-0.3, -0.25) is 0 Å². The summed E-state index contributed by atoms with van der Waals surface area (Å²) >= 11 is 0. The first-order chi connectivity index (χ1) is 7.93. The number of nitrogens with zero attached hydrogens (tertiary/aromatic N) is 3. The maximum absolute atomic E-state index is 4.61. The Hall–Kier alpha value is -2.29. The van der Waals surface area contributed by atoms with Crippen molar-refractivity contribution >= 4 is 17.6 Å². The highest BCUT2D eigenvalue weighted by molar-refractivity contribution is 5.67. The van der Waals surface area contributed by atoms with Gasteiger partial charge in [0.05, 0.1) is 17.2 Å². The van der Waals surface area contributed by atoms with Crippen molar-refractivity contribution < 1.29 is 0 Å². The van der Waals surface area contributed by atoms with Gasteiger partial charge in [-0.15, -0.1) is 5.11 Å². The third-order valence-corrected chi connectivity index (χ3v) is 2.96. The van der Waals surface area contributed by atoms with Crippen molar-refractivity contribution in [1.82, 2.24) is 0 Å². The SMILES string of the molecule is C1=c2ccc3c(c2N=N1)N=c1ccccc1=3. The van der Waals surface area contributed by atoms with E-state index in [0.29, 0.717) is 0 Å². The molecule has 0 fully saturated rings. The summed E-state index contributed by atoms with van der Waals surface area (Å²) in [6.45, 7) is 0. The summed E-state index contributed by atoms with van der Waals surface area (Å²) in [5, 5.41) is 12.5. The van der Waals surface area contributed by atoms with Crippen molar-refractivity contribution in [2.24, 2.45) is 15.2 Å². The van der Waals surface area contributed by atoms with Crippen LogP contribution in [0.1, 0.15) is 0 Å². The number of benzene rings is 2. The Morgan fingerprint density at radius 3 is 2.75 bits per heavy atom. The molecule has 2 aromatic rings. The summed E-state index contributed by atoms with van der Waals surface area (Å²) in [5.41, 5.74) is 1.85. The van der Waals surface area contributed by atoms with Gasteiger partial charge in [-0.1, -0.05) is 30.3 Å². The Bertz CT molecular complexity index is 848. The Kier molecular flexibility index (Phi) is 1.31. The smallest absolute Gasteiger partial charge is 0.121 e. The van der Waals surface area contributed by atoms with Crippen LogP contribution in [0.25, 0.3) is 6.20 Å². The van der Waals surface area contributed by atoms with Crippen LogP contribution >= 0.6 is 0 Å². The van der Waals surface area contributed by atoms with E-state index in [-0.39, 0.29) is 0 Å². The van der Waals surface area contributed by atoms with Crippen LogP contribution in [0, 0.1) is 10.4 Å². The molecule has 0 aliphatic carbocycles. The number of rotatable bonds is 0. The molecule has 3 heteroatoms. The molecular formula is C13H7N3. The molecule has 0 bridgehead atoms. The van der Waals surface area contributed by atoms with Crippen LogP contribution in [0.5, 0.6) is 0 Å². The zero-order valence-corrected chi connectivity index (χ0v) is 8.38. The Morgan fingerprint density at radius 2 is 1.75 bits per heavy atom. The van der Waals surface area contributed by atoms with E-state index in [9.17, 15) is 0 Å². The van der Waals surface area contributed by atoms with E-state index in [1.807, 2.05) is 24.3 Å². The molecule has 4 rings (SSSR count). The van der Waals surface area contributed by atoms with E-state index in [4.69, 9.17) is 0 Å². The molecule has 0 spiro atoms. The van der Waals surface area contributed by atoms with Gasteiger partial charge in [0.2, 0.25) is 0 Å². The molecule has 0 unspecified atom stereocenters. The van der Waals surface area contributed by atoms with E-state index < -0.39 is 0 Å². The van der Waals surface area contributed by atoms with Crippen molar-refractivity contribution in [1.29, 1.82) is 0 Å². The lowest BCUT2D eigenvalue weighted by Gasteiger charge is -1.94. The molecule has 2 aromatic carbocycles. The lowest BCUT2D eigenvalue weighted by Crippen LogP contribution is -1.97. The number of hydrogen-bond donors (Lipinski definition) is 0. The highest BCUT2D eigenvalue weighted by atomic mass is 15.1. The number of fused-ring (bicyclic) bond motifs is 4. The van der Waals surface area contributed by atoms with Gasteiger partial charge in [-0.25, -0.2) is 4.99 Å². The predicted octanol–water partition coefficient (Wildman–Crippen LogP) is 2.07. The van der Waals surface area contributed by atoms with Gasteiger partial charge in [-0.2, -0.15) is 5.11 Å². The van der Waals surface area contributed by atoms with Crippen LogP contribution in [-0.4, -0.2) is 0 Å². The maximum Gasteiger partial charge on any atom is 0.121 e. The van der Waals surface area contributed by atoms with Gasteiger partial charge in [0.15, 0.2) is 0 Å². The minimum absolute atomic E-state index is 0.897. The molecular weight excluding hydrogens is 198 g/mol. The molecule has 0 N–H and O–H groups in total. The van der Waals surface area contributed by atoms with Crippen LogP contribution in [0.2, 0.25) is 0 Å². The Labute approximate surface area is 90.8 Å². The zero-order chi connectivity index (χ0) is 10.5. The predicted molar refractivity (Wildman–Crippen MR) is 60.0 cm³/mol. The molecule has 0 saturated carbocycles. The topological polar surface area (TPSA) is 37.1 Å². The quantitative estimate of drug-likeness (QED) is 0.539. The average Bonchev–Trinajstić information content (AvgIpc) is 2.92. The van der Waals surface area contributed by atoms with Gasteiger partial charge in [0, 0.05) is 15.7 Å². The summed E-state index contributed by atoms with van der Waals surface area (Å²) in [7, 11) is 0. The molecule has 2 heterocycles. The molecule has 0 saturated heterocycles. The molecule has 2 aliphatic heterocycles. The maximum atomic E-state index is 4.61. The first kappa shape index (κ1) is 7.93. The first-order valence-corrected chi connectivity index (χ1v) is 5.16. The molecule has 3 nitrogen and oxygen atoms in total. The van der Waals surface area contributed by atoms with Gasteiger partial charge in [0.25, 0.3) is 0 Å². The Morgan fingerprint density at radius 1 is 0.812 bits per heavy atom. The van der Waals surface area contributed by atoms with Crippen LogP contribution in [0.3, 0.4) is 0 Å². The summed E-state index contributed by atoms with van der Waals surface area (Å²) in [4.78, 5) is 4.61. The second-order valence-corrected chi connectivity index (χ2v) is 3.87. The molecule has 0 atom stereocenters. The molecule has 2 aliphatic rings. The van der Waals surface area contributed by atoms with E-state index in [2.05, 4.69) is 27.4 Å². The fourth-order valence-corrected chi connectivity index (χ4v) is 2.20. The summed E-state index contributed by atoms with van der Waals surface area (Å²) < 4.78 is 0. The van der Waals surface area contributed by atoms with Crippen molar-refractivity contribution in [3.05, 3.63) is 57.4 Å². The lowest BCUT2D eigenvalue weighted by atomic mass is 10.1. The van der Waals surface area contributed by atoms with E-state index in [1.54, 1.807) is 6.20 Å². The number of azo groups is 1. The highest BCUT2D eigenvalue weighted by Gasteiger charge is 2.11. The van der Waals surface area contributed by atoms with Gasteiger partial charge < -0.3 is 0 Å². The molecule has 0 radical (unpaired) electrons. The van der Waals surface area contributed by atoms with E-state index >= 15 is 0 Å². The molecule has 0 aromatic heterocycles. The molecule has 0 amide bonds. The first-order valence-electron chi connectivity index (χ1n) is 5.16. The fourth-order valence-electron chi connectivity index (χ4n) is 2.20. The van der Waals surface area contributed by atoms with Crippen molar-refractivity contribution in [3.63, 3.8) is 0 Å². The summed E-state index contributed by atoms with van der Waals surface area (Å²) in [6, 6.07) is 12.3. The zero-order valence-electron chi connectivity index (χ0n) is 8.38. The van der Waals surface area contributed by atoms with Crippen LogP contribution in [-0.2, 0) is 0 Å². The van der Waals surface area contributed by atoms with Crippen molar-refractivity contribution in [3.8, 4) is 0 Å². The second-order valence-electron chi connectivity index (χ2n) is 3.87. The van der Waals surface area contributed by atoms with E-state index in [1.165, 1.54) is 5.22 Å². The minimum atomic E-state index is 0.897. The number of hydrogen-bond acceptors (Lipinski definition) is 3. The summed E-state index contributed by atoms with van der Waals surface area (Å²) in [6.07, 6.45) is 1.77. The van der Waals surface area contributed by atoms with Crippen LogP contribution < -0.4 is 10.6 Å². The average molecular weight is 205 g/mol. The largest absolute Gasteiger partial charge is 0.245 e. The minimum Gasteiger partial charge on any atom is -0.245 e.